The second-order valence-corrected chi connectivity index (χ2v) is 13.5. The van der Waals surface area contributed by atoms with E-state index in [1.165, 1.54) is 0 Å². The highest BCUT2D eigenvalue weighted by atomic mass is 28.4. The van der Waals surface area contributed by atoms with Crippen LogP contribution in [0, 0.1) is 5.92 Å². The van der Waals surface area contributed by atoms with Crippen LogP contribution in [0.15, 0.2) is 65.8 Å². The topological polar surface area (TPSA) is 87.5 Å². The summed E-state index contributed by atoms with van der Waals surface area (Å²) < 4.78 is 13.3. The summed E-state index contributed by atoms with van der Waals surface area (Å²) in [7, 11) is -2.89. The molecule has 0 aromatic heterocycles. The van der Waals surface area contributed by atoms with Crippen LogP contribution in [0.2, 0.25) is 5.04 Å². The van der Waals surface area contributed by atoms with Gasteiger partial charge in [-0.1, -0.05) is 100 Å². The summed E-state index contributed by atoms with van der Waals surface area (Å²) >= 11 is 0. The SMILES string of the molecule is CCC1O[C@@H](O[Si](c2ccccc2)(c2ccccc2)C(C)(C)C)C(N=[N+]=[N-])[C@@H](C)[C@H]1O. The van der Waals surface area contributed by atoms with E-state index < -0.39 is 26.8 Å². The fraction of sp³-hybridized carbons (Fsp3) is 0.500. The van der Waals surface area contributed by atoms with Crippen molar-refractivity contribution in [3.05, 3.63) is 71.1 Å². The zero-order chi connectivity index (χ0) is 22.6. The first-order valence-corrected chi connectivity index (χ1v) is 12.8. The molecule has 5 atom stereocenters. The lowest BCUT2D eigenvalue weighted by Gasteiger charge is -2.49. The molecular formula is C24H33N3O3Si. The summed E-state index contributed by atoms with van der Waals surface area (Å²) in [6.45, 7) is 10.5. The molecule has 6 nitrogen and oxygen atoms in total. The second kappa shape index (κ2) is 9.55. The largest absolute Gasteiger partial charge is 0.390 e. The van der Waals surface area contributed by atoms with Gasteiger partial charge in [0.25, 0.3) is 8.32 Å². The second-order valence-electron chi connectivity index (χ2n) is 9.28. The molecule has 166 valence electrons. The molecule has 2 aromatic carbocycles. The lowest BCUT2D eigenvalue weighted by molar-refractivity contribution is -0.217. The molecule has 2 aromatic rings. The lowest BCUT2D eigenvalue weighted by atomic mass is 9.88. The summed E-state index contributed by atoms with van der Waals surface area (Å²) in [5.74, 6) is -0.280. The van der Waals surface area contributed by atoms with Gasteiger partial charge in [-0.05, 0) is 33.3 Å². The van der Waals surface area contributed by atoms with Gasteiger partial charge in [-0.3, -0.25) is 0 Å². The Balaban J connectivity index is 2.19. The predicted molar refractivity (Wildman–Crippen MR) is 126 cm³/mol. The van der Waals surface area contributed by atoms with E-state index in [1.807, 2.05) is 50.2 Å². The zero-order valence-electron chi connectivity index (χ0n) is 19.0. The standard InChI is InChI=1S/C24H33N3O3Si/c1-6-20-22(28)17(2)21(26-27-25)23(29-20)30-31(24(3,4)5,18-13-9-7-10-14-18)19-15-11-8-12-16-19/h7-17,20-23,28H,6H2,1-5H3/t17-,20?,21?,22-,23+/m1/s1. The number of nitrogens with zero attached hydrogens (tertiary/aromatic N) is 3. The van der Waals surface area contributed by atoms with Crippen molar-refractivity contribution in [1.82, 2.24) is 0 Å². The van der Waals surface area contributed by atoms with Crippen molar-refractivity contribution in [3.63, 3.8) is 0 Å². The molecule has 2 unspecified atom stereocenters. The van der Waals surface area contributed by atoms with Gasteiger partial charge in [0.2, 0.25) is 0 Å². The number of hydrogen-bond donors (Lipinski definition) is 1. The Bertz CT molecular complexity index is 858. The number of hydrogen-bond acceptors (Lipinski definition) is 4. The Hall–Kier alpha value is -2.15. The van der Waals surface area contributed by atoms with Gasteiger partial charge in [0, 0.05) is 4.91 Å². The van der Waals surface area contributed by atoms with Crippen molar-refractivity contribution in [1.29, 1.82) is 0 Å². The molecule has 0 radical (unpaired) electrons. The van der Waals surface area contributed by atoms with Crippen molar-refractivity contribution < 1.29 is 14.3 Å². The van der Waals surface area contributed by atoms with Gasteiger partial charge in [0.05, 0.1) is 18.2 Å². The van der Waals surface area contributed by atoms with Crippen LogP contribution in [0.1, 0.15) is 41.0 Å². The molecule has 0 spiro atoms. The average Bonchev–Trinajstić information content (AvgIpc) is 2.77. The molecule has 1 heterocycles. The highest BCUT2D eigenvalue weighted by molar-refractivity contribution is 6.99. The van der Waals surface area contributed by atoms with Crippen LogP contribution < -0.4 is 10.4 Å². The van der Waals surface area contributed by atoms with E-state index in [4.69, 9.17) is 9.16 Å². The van der Waals surface area contributed by atoms with Gasteiger partial charge in [0.1, 0.15) is 0 Å². The first-order valence-electron chi connectivity index (χ1n) is 10.9. The fourth-order valence-corrected chi connectivity index (χ4v) is 9.20. The highest BCUT2D eigenvalue weighted by Gasteiger charge is 2.54. The van der Waals surface area contributed by atoms with E-state index in [-0.39, 0.29) is 17.1 Å². The van der Waals surface area contributed by atoms with E-state index >= 15 is 0 Å². The molecule has 31 heavy (non-hydrogen) atoms. The Morgan fingerprint density at radius 3 is 2.00 bits per heavy atom. The van der Waals surface area contributed by atoms with Gasteiger partial charge >= 0.3 is 0 Å². The van der Waals surface area contributed by atoms with E-state index in [0.29, 0.717) is 6.42 Å². The number of aliphatic hydroxyl groups excluding tert-OH is 1. The third-order valence-corrected chi connectivity index (χ3v) is 11.3. The average molecular weight is 440 g/mol. The molecule has 1 saturated heterocycles. The summed E-state index contributed by atoms with van der Waals surface area (Å²) in [6, 6.07) is 20.0. The van der Waals surface area contributed by atoms with Crippen molar-refractivity contribution in [2.75, 3.05) is 0 Å². The van der Waals surface area contributed by atoms with E-state index in [2.05, 4.69) is 55.1 Å². The maximum atomic E-state index is 10.7. The third kappa shape index (κ3) is 4.42. The van der Waals surface area contributed by atoms with Crippen LogP contribution in [0.5, 0.6) is 0 Å². The van der Waals surface area contributed by atoms with Crippen molar-refractivity contribution in [2.24, 2.45) is 11.0 Å². The zero-order valence-corrected chi connectivity index (χ0v) is 20.0. The van der Waals surface area contributed by atoms with Gasteiger partial charge < -0.3 is 14.3 Å². The van der Waals surface area contributed by atoms with Crippen LogP contribution >= 0.6 is 0 Å². The maximum Gasteiger partial charge on any atom is 0.264 e. The first kappa shape index (κ1) is 23.5. The van der Waals surface area contributed by atoms with Crippen molar-refractivity contribution in [3.8, 4) is 0 Å². The van der Waals surface area contributed by atoms with Gasteiger partial charge in [-0.2, -0.15) is 0 Å². The molecule has 1 fully saturated rings. The molecule has 0 amide bonds. The summed E-state index contributed by atoms with van der Waals surface area (Å²) in [6.07, 6.45) is -1.18. The summed E-state index contributed by atoms with van der Waals surface area (Å²) in [5.41, 5.74) is 9.23. The van der Waals surface area contributed by atoms with Crippen LogP contribution in [-0.2, 0) is 9.16 Å². The molecule has 3 rings (SSSR count). The third-order valence-electron chi connectivity index (χ3n) is 6.34. The summed E-state index contributed by atoms with van der Waals surface area (Å²) in [4.78, 5) is 3.05. The first-order chi connectivity index (χ1) is 14.8. The molecule has 7 heteroatoms. The minimum absolute atomic E-state index is 0.235. The molecule has 1 aliphatic heterocycles. The molecule has 1 aliphatic rings. The summed E-state index contributed by atoms with van der Waals surface area (Å²) in [5, 5.41) is 16.7. The molecule has 0 aliphatic carbocycles. The fourth-order valence-electron chi connectivity index (χ4n) is 4.64. The van der Waals surface area contributed by atoms with Gasteiger partial charge in [-0.25, -0.2) is 0 Å². The highest BCUT2D eigenvalue weighted by Crippen LogP contribution is 2.40. The van der Waals surface area contributed by atoms with E-state index in [0.717, 1.165) is 10.4 Å². The predicted octanol–water partition coefficient (Wildman–Crippen LogP) is 4.37. The lowest BCUT2D eigenvalue weighted by Crippen LogP contribution is -2.70. The molecule has 0 saturated carbocycles. The smallest absolute Gasteiger partial charge is 0.264 e. The number of benzene rings is 2. The van der Waals surface area contributed by atoms with Gasteiger partial charge in [0.15, 0.2) is 6.29 Å². The minimum Gasteiger partial charge on any atom is -0.390 e. The Morgan fingerprint density at radius 2 is 1.58 bits per heavy atom. The quantitative estimate of drug-likeness (QED) is 0.314. The normalized spacial score (nSPS) is 26.8. The van der Waals surface area contributed by atoms with E-state index in [1.54, 1.807) is 0 Å². The Labute approximate surface area is 186 Å². The van der Waals surface area contributed by atoms with Crippen LogP contribution in [0.4, 0.5) is 0 Å². The van der Waals surface area contributed by atoms with E-state index in [9.17, 15) is 10.6 Å². The van der Waals surface area contributed by atoms with Crippen LogP contribution in [-0.4, -0.2) is 38.0 Å². The number of azide groups is 1. The van der Waals surface area contributed by atoms with Crippen LogP contribution in [0.25, 0.3) is 10.4 Å². The minimum atomic E-state index is -2.89. The molecule has 1 N–H and O–H groups in total. The Morgan fingerprint density at radius 1 is 1.06 bits per heavy atom. The van der Waals surface area contributed by atoms with Crippen LogP contribution in [0.3, 0.4) is 0 Å². The van der Waals surface area contributed by atoms with Crippen molar-refractivity contribution in [2.45, 2.75) is 70.6 Å². The van der Waals surface area contributed by atoms with Gasteiger partial charge in [-0.15, -0.1) is 0 Å². The number of ether oxygens (including phenoxy) is 1. The Kier molecular flexibility index (Phi) is 7.24. The number of rotatable bonds is 6. The molecular weight excluding hydrogens is 406 g/mol. The van der Waals surface area contributed by atoms with Crippen molar-refractivity contribution >= 4 is 18.7 Å². The monoisotopic (exact) mass is 439 g/mol. The number of aliphatic hydroxyl groups is 1. The molecule has 0 bridgehead atoms. The maximum absolute atomic E-state index is 10.7.